The summed E-state index contributed by atoms with van der Waals surface area (Å²) in [7, 11) is 0. The molecule has 0 aromatic heterocycles. The van der Waals surface area contributed by atoms with Gasteiger partial charge in [-0.05, 0) is 105 Å². The number of ether oxygens (including phenoxy) is 2. The van der Waals surface area contributed by atoms with Crippen LogP contribution in [0.2, 0.25) is 0 Å². The number of amides is 2. The molecule has 0 heterocycles. The van der Waals surface area contributed by atoms with Gasteiger partial charge in [0.25, 0.3) is 11.8 Å². The molecule has 0 aliphatic heterocycles. The van der Waals surface area contributed by atoms with Gasteiger partial charge in [-0.3, -0.25) is 9.59 Å². The molecule has 9 rings (SSSR count). The minimum absolute atomic E-state index is 0.267. The van der Waals surface area contributed by atoms with E-state index in [0.717, 1.165) is 55.2 Å². The molecule has 0 radical (unpaired) electrons. The smallest absolute Gasteiger partial charge is 0.259 e. The van der Waals surface area contributed by atoms with E-state index in [9.17, 15) is 9.59 Å². The summed E-state index contributed by atoms with van der Waals surface area (Å²) in [6.45, 7) is 0.880. The van der Waals surface area contributed by atoms with E-state index < -0.39 is 5.41 Å². The van der Waals surface area contributed by atoms with Crippen LogP contribution < -0.4 is 20.1 Å². The number of carbonyl (C=O) groups is 2. The molecule has 2 N–H and O–H groups in total. The van der Waals surface area contributed by atoms with Crippen LogP contribution in [-0.2, 0) is 18.3 Å². The summed E-state index contributed by atoms with van der Waals surface area (Å²) < 4.78 is 13.9. The number of nitrogens with one attached hydrogen (secondary N) is 2. The first-order chi connectivity index (χ1) is 30.9. The Morgan fingerprint density at radius 1 is 0.444 bits per heavy atom. The van der Waals surface area contributed by atoms with Crippen molar-refractivity contribution in [3.8, 4) is 22.6 Å². The molecule has 8 heteroatoms. The lowest BCUT2D eigenvalue weighted by Crippen LogP contribution is -2.28. The van der Waals surface area contributed by atoms with Crippen LogP contribution in [0.15, 0.2) is 203 Å². The summed E-state index contributed by atoms with van der Waals surface area (Å²) in [6.07, 6.45) is 1.45. The van der Waals surface area contributed by atoms with Crippen LogP contribution in [0.4, 0.5) is 11.4 Å². The molecular formula is C55H42Br2N2O4. The molecule has 1 aliphatic rings. The van der Waals surface area contributed by atoms with E-state index in [-0.39, 0.29) is 11.8 Å². The van der Waals surface area contributed by atoms with Crippen molar-refractivity contribution < 1.29 is 19.1 Å². The molecule has 310 valence electrons. The number of carbonyl (C=O) groups excluding carboxylic acids is 2. The first kappa shape index (κ1) is 41.6. The maximum absolute atomic E-state index is 13.9. The molecule has 63 heavy (non-hydrogen) atoms. The number of hydrogen-bond donors (Lipinski definition) is 2. The highest BCUT2D eigenvalue weighted by Gasteiger charge is 2.45. The molecule has 0 saturated heterocycles. The summed E-state index contributed by atoms with van der Waals surface area (Å²) in [6, 6.07) is 64.5. The second-order valence-corrected chi connectivity index (χ2v) is 17.2. The Morgan fingerprint density at radius 2 is 0.825 bits per heavy atom. The second kappa shape index (κ2) is 18.7. The molecule has 0 unspecified atom stereocenters. The van der Waals surface area contributed by atoms with Gasteiger partial charge in [-0.2, -0.15) is 0 Å². The molecular weight excluding hydrogens is 912 g/mol. The fraction of sp³-hybridized carbons (Fsp3) is 0.0909. The molecule has 0 bridgehead atoms. The van der Waals surface area contributed by atoms with E-state index in [1.807, 2.05) is 84.9 Å². The van der Waals surface area contributed by atoms with Crippen molar-refractivity contribution in [3.05, 3.63) is 248 Å². The Hall–Kier alpha value is -6.74. The molecule has 8 aromatic carbocycles. The van der Waals surface area contributed by atoms with Crippen LogP contribution in [0.3, 0.4) is 0 Å². The third-order valence-electron chi connectivity index (χ3n) is 11.5. The fourth-order valence-electron chi connectivity index (χ4n) is 8.49. The van der Waals surface area contributed by atoms with Gasteiger partial charge in [-0.1, -0.05) is 165 Å². The Kier molecular flexibility index (Phi) is 12.4. The Balaban J connectivity index is 0.985. The lowest BCUT2D eigenvalue weighted by atomic mass is 9.67. The zero-order chi connectivity index (χ0) is 43.2. The van der Waals surface area contributed by atoms with Crippen molar-refractivity contribution in [2.75, 3.05) is 23.8 Å². The topological polar surface area (TPSA) is 76.7 Å². The lowest BCUT2D eigenvalue weighted by molar-refractivity contribution is 0.101. The molecule has 1 aliphatic carbocycles. The number of benzene rings is 8. The van der Waals surface area contributed by atoms with Gasteiger partial charge >= 0.3 is 0 Å². The van der Waals surface area contributed by atoms with Crippen LogP contribution in [0.25, 0.3) is 11.1 Å². The summed E-state index contributed by atoms with van der Waals surface area (Å²) in [5, 5.41) is 6.23. The fourth-order valence-corrected chi connectivity index (χ4v) is 9.21. The number of anilines is 2. The highest BCUT2D eigenvalue weighted by molar-refractivity contribution is 9.10. The van der Waals surface area contributed by atoms with Gasteiger partial charge in [0.15, 0.2) is 0 Å². The van der Waals surface area contributed by atoms with Crippen molar-refractivity contribution >= 4 is 55.0 Å². The number of hydrogen-bond acceptors (Lipinski definition) is 4. The second-order valence-electron chi connectivity index (χ2n) is 15.4. The molecule has 6 nitrogen and oxygen atoms in total. The van der Waals surface area contributed by atoms with Crippen molar-refractivity contribution in [2.24, 2.45) is 0 Å². The third-order valence-corrected chi connectivity index (χ3v) is 12.4. The highest BCUT2D eigenvalue weighted by atomic mass is 79.9. The maximum atomic E-state index is 13.9. The summed E-state index contributed by atoms with van der Waals surface area (Å²) >= 11 is 7.08. The van der Waals surface area contributed by atoms with Gasteiger partial charge in [0.05, 0.1) is 29.8 Å². The number of halogens is 2. The summed E-state index contributed by atoms with van der Waals surface area (Å²) in [5.41, 5.74) is 10.5. The van der Waals surface area contributed by atoms with E-state index in [4.69, 9.17) is 9.47 Å². The van der Waals surface area contributed by atoms with Gasteiger partial charge in [0.2, 0.25) is 0 Å². The molecule has 0 atom stereocenters. The standard InChI is InChI=1S/C55H42Br2N2O4/c56-41-23-29-51(62-33-31-37-11-3-1-4-12-37)47(35-41)53(60)58-43-25-19-39(20-26-43)55(49-17-9-7-15-45(49)46-16-8-10-18-50(46)55)40-21-27-44(28-22-40)59-54(61)48-36-42(57)24-30-52(48)63-34-32-38-13-5-2-6-14-38/h1-30,35-36H,31-34H2,(H,58,60)(H,59,61). The Bertz CT molecular complexity index is 2700. The van der Waals surface area contributed by atoms with Crippen molar-refractivity contribution in [1.29, 1.82) is 0 Å². The van der Waals surface area contributed by atoms with Gasteiger partial charge in [-0.25, -0.2) is 0 Å². The normalized spacial score (nSPS) is 12.2. The van der Waals surface area contributed by atoms with Gasteiger partial charge in [-0.15, -0.1) is 0 Å². The average molecular weight is 955 g/mol. The highest BCUT2D eigenvalue weighted by Crippen LogP contribution is 2.56. The third kappa shape index (κ3) is 8.83. The van der Waals surface area contributed by atoms with Crippen molar-refractivity contribution in [2.45, 2.75) is 18.3 Å². The zero-order valence-corrected chi connectivity index (χ0v) is 37.4. The van der Waals surface area contributed by atoms with E-state index in [2.05, 4.69) is 140 Å². The van der Waals surface area contributed by atoms with Gasteiger partial charge in [0, 0.05) is 33.2 Å². The molecule has 0 saturated carbocycles. The minimum Gasteiger partial charge on any atom is -0.492 e. The van der Waals surface area contributed by atoms with Crippen molar-refractivity contribution in [1.82, 2.24) is 0 Å². The maximum Gasteiger partial charge on any atom is 0.259 e. The first-order valence-corrected chi connectivity index (χ1v) is 22.4. The monoisotopic (exact) mass is 952 g/mol. The quantitative estimate of drug-likeness (QED) is 0.114. The minimum atomic E-state index is -0.688. The van der Waals surface area contributed by atoms with Crippen molar-refractivity contribution in [3.63, 3.8) is 0 Å². The summed E-state index contributed by atoms with van der Waals surface area (Å²) in [5.74, 6) is 0.503. The Labute approximate surface area is 384 Å². The molecule has 8 aromatic rings. The van der Waals surface area contributed by atoms with E-state index in [0.29, 0.717) is 47.2 Å². The van der Waals surface area contributed by atoms with Crippen LogP contribution in [0.1, 0.15) is 54.1 Å². The zero-order valence-electron chi connectivity index (χ0n) is 34.2. The van der Waals surface area contributed by atoms with E-state index in [1.165, 1.54) is 11.1 Å². The van der Waals surface area contributed by atoms with Gasteiger partial charge in [0.1, 0.15) is 11.5 Å². The molecule has 0 spiro atoms. The molecule has 2 amide bonds. The molecule has 0 fully saturated rings. The predicted octanol–water partition coefficient (Wildman–Crippen LogP) is 13.3. The SMILES string of the molecule is O=C(Nc1ccc(C2(c3ccc(NC(=O)c4cc(Br)ccc4OCCc4ccccc4)cc3)c3ccccc3-c3ccccc32)cc1)c1cc(Br)ccc1OCCc1ccccc1. The average Bonchev–Trinajstić information content (AvgIpc) is 3.62. The first-order valence-electron chi connectivity index (χ1n) is 20.8. The van der Waals surface area contributed by atoms with Crippen LogP contribution >= 0.6 is 31.9 Å². The van der Waals surface area contributed by atoms with E-state index >= 15 is 0 Å². The van der Waals surface area contributed by atoms with Crippen LogP contribution in [0.5, 0.6) is 11.5 Å². The Morgan fingerprint density at radius 3 is 1.24 bits per heavy atom. The lowest BCUT2D eigenvalue weighted by Gasteiger charge is -2.34. The van der Waals surface area contributed by atoms with Gasteiger partial charge < -0.3 is 20.1 Å². The van der Waals surface area contributed by atoms with Crippen LogP contribution in [0, 0.1) is 0 Å². The predicted molar refractivity (Wildman–Crippen MR) is 259 cm³/mol. The number of fused-ring (bicyclic) bond motifs is 3. The summed E-state index contributed by atoms with van der Waals surface area (Å²) in [4.78, 5) is 27.7. The largest absolute Gasteiger partial charge is 0.492 e. The number of rotatable bonds is 14. The van der Waals surface area contributed by atoms with E-state index in [1.54, 1.807) is 12.1 Å². The van der Waals surface area contributed by atoms with Crippen LogP contribution in [-0.4, -0.2) is 25.0 Å².